The number of hydrogen-bond donors (Lipinski definition) is 2. The second-order valence-electron chi connectivity index (χ2n) is 5.84. The maximum absolute atomic E-state index is 12.7. The third kappa shape index (κ3) is 2.93. The number of aliphatic carboxylic acids is 1. The summed E-state index contributed by atoms with van der Waals surface area (Å²) in [6.45, 7) is 6.59. The summed E-state index contributed by atoms with van der Waals surface area (Å²) < 4.78 is 0. The molecule has 1 aliphatic rings. The van der Waals surface area contributed by atoms with Crippen LogP contribution in [0.3, 0.4) is 0 Å². The SMILES string of the molecule is CCNC(C)(C)C(=O)N1CCc2ccccc2C1C(=O)O. The summed E-state index contributed by atoms with van der Waals surface area (Å²) in [5.74, 6) is -1.16. The van der Waals surface area contributed by atoms with E-state index >= 15 is 0 Å². The van der Waals surface area contributed by atoms with E-state index in [-0.39, 0.29) is 5.91 Å². The fourth-order valence-electron chi connectivity index (χ4n) is 2.93. The third-order valence-electron chi connectivity index (χ3n) is 3.93. The van der Waals surface area contributed by atoms with E-state index in [0.717, 1.165) is 11.1 Å². The van der Waals surface area contributed by atoms with Crippen molar-refractivity contribution in [3.63, 3.8) is 0 Å². The molecular formula is C16H22N2O3. The predicted molar refractivity (Wildman–Crippen MR) is 80.0 cm³/mol. The summed E-state index contributed by atoms with van der Waals surface area (Å²) in [6, 6.07) is 6.55. The van der Waals surface area contributed by atoms with Gasteiger partial charge in [-0.15, -0.1) is 0 Å². The van der Waals surface area contributed by atoms with Crippen LogP contribution >= 0.6 is 0 Å². The highest BCUT2D eigenvalue weighted by atomic mass is 16.4. The van der Waals surface area contributed by atoms with E-state index in [1.165, 1.54) is 4.90 Å². The van der Waals surface area contributed by atoms with Gasteiger partial charge in [-0.25, -0.2) is 4.79 Å². The second kappa shape index (κ2) is 5.85. The van der Waals surface area contributed by atoms with Gasteiger partial charge in [-0.3, -0.25) is 4.79 Å². The topological polar surface area (TPSA) is 69.6 Å². The van der Waals surface area contributed by atoms with Gasteiger partial charge in [-0.1, -0.05) is 31.2 Å². The maximum Gasteiger partial charge on any atom is 0.331 e. The van der Waals surface area contributed by atoms with Crippen molar-refractivity contribution in [1.29, 1.82) is 0 Å². The van der Waals surface area contributed by atoms with Crippen LogP contribution in [0.4, 0.5) is 0 Å². The molecule has 1 heterocycles. The molecule has 0 radical (unpaired) electrons. The molecule has 1 aromatic carbocycles. The Hall–Kier alpha value is -1.88. The standard InChI is InChI=1S/C16H22N2O3/c1-4-17-16(2,3)15(21)18-10-9-11-7-5-6-8-12(11)13(18)14(19)20/h5-8,13,17H,4,9-10H2,1-3H3,(H,19,20). The van der Waals surface area contributed by atoms with E-state index in [9.17, 15) is 14.7 Å². The smallest absolute Gasteiger partial charge is 0.331 e. The van der Waals surface area contributed by atoms with Crippen LogP contribution in [0, 0.1) is 0 Å². The molecule has 0 aliphatic carbocycles. The molecule has 1 atom stereocenters. The quantitative estimate of drug-likeness (QED) is 0.883. The number of nitrogens with zero attached hydrogens (tertiary/aromatic N) is 1. The normalized spacial score (nSPS) is 18.2. The van der Waals surface area contributed by atoms with Gasteiger partial charge in [0.1, 0.15) is 0 Å². The average molecular weight is 290 g/mol. The van der Waals surface area contributed by atoms with Gasteiger partial charge in [0.15, 0.2) is 6.04 Å². The Bertz CT molecular complexity index is 554. The van der Waals surface area contributed by atoms with Crippen molar-refractivity contribution in [2.75, 3.05) is 13.1 Å². The minimum Gasteiger partial charge on any atom is -0.479 e. The van der Waals surface area contributed by atoms with Gasteiger partial charge in [0.2, 0.25) is 5.91 Å². The molecule has 0 saturated heterocycles. The molecule has 5 heteroatoms. The van der Waals surface area contributed by atoms with E-state index in [0.29, 0.717) is 19.5 Å². The first-order chi connectivity index (χ1) is 9.88. The summed E-state index contributed by atoms with van der Waals surface area (Å²) in [5.41, 5.74) is 0.960. The Labute approximate surface area is 125 Å². The van der Waals surface area contributed by atoms with Gasteiger partial charge in [0.05, 0.1) is 5.54 Å². The molecular weight excluding hydrogens is 268 g/mol. The molecule has 0 bridgehead atoms. The summed E-state index contributed by atoms with van der Waals surface area (Å²) in [7, 11) is 0. The summed E-state index contributed by atoms with van der Waals surface area (Å²) in [6.07, 6.45) is 0.688. The highest BCUT2D eigenvalue weighted by Gasteiger charge is 2.41. The predicted octanol–water partition coefficient (Wildman–Crippen LogP) is 1.59. The first kappa shape index (κ1) is 15.5. The number of carboxylic acids is 1. The zero-order chi connectivity index (χ0) is 15.6. The van der Waals surface area contributed by atoms with Crippen LogP contribution in [-0.4, -0.2) is 40.5 Å². The largest absolute Gasteiger partial charge is 0.479 e. The van der Waals surface area contributed by atoms with E-state index < -0.39 is 17.6 Å². The molecule has 5 nitrogen and oxygen atoms in total. The van der Waals surface area contributed by atoms with Crippen molar-refractivity contribution >= 4 is 11.9 Å². The summed E-state index contributed by atoms with van der Waals surface area (Å²) >= 11 is 0. The van der Waals surface area contributed by atoms with Gasteiger partial charge in [-0.2, -0.15) is 0 Å². The minimum absolute atomic E-state index is 0.175. The molecule has 1 amide bonds. The number of likely N-dealkylation sites (N-methyl/N-ethyl adjacent to an activating group) is 1. The van der Waals surface area contributed by atoms with Crippen LogP contribution < -0.4 is 5.32 Å². The lowest BCUT2D eigenvalue weighted by Crippen LogP contribution is -2.57. The lowest BCUT2D eigenvalue weighted by molar-refractivity contribution is -0.153. The van der Waals surface area contributed by atoms with Crippen molar-refractivity contribution in [2.24, 2.45) is 0 Å². The van der Waals surface area contributed by atoms with Crippen LogP contribution in [0.5, 0.6) is 0 Å². The lowest BCUT2D eigenvalue weighted by atomic mass is 9.90. The van der Waals surface area contributed by atoms with E-state index in [1.54, 1.807) is 19.9 Å². The minimum atomic E-state index is -0.984. The van der Waals surface area contributed by atoms with Crippen molar-refractivity contribution < 1.29 is 14.7 Å². The molecule has 0 spiro atoms. The van der Waals surface area contributed by atoms with Crippen molar-refractivity contribution in [3.8, 4) is 0 Å². The number of nitrogens with one attached hydrogen (secondary N) is 1. The molecule has 1 unspecified atom stereocenters. The fraction of sp³-hybridized carbons (Fsp3) is 0.500. The highest BCUT2D eigenvalue weighted by Crippen LogP contribution is 2.31. The molecule has 0 aromatic heterocycles. The van der Waals surface area contributed by atoms with Gasteiger partial charge in [0.25, 0.3) is 0 Å². The van der Waals surface area contributed by atoms with Gasteiger partial charge < -0.3 is 15.3 Å². The highest BCUT2D eigenvalue weighted by molar-refractivity contribution is 5.90. The maximum atomic E-state index is 12.7. The van der Waals surface area contributed by atoms with E-state index in [4.69, 9.17) is 0 Å². The van der Waals surface area contributed by atoms with E-state index in [1.807, 2.05) is 25.1 Å². The van der Waals surface area contributed by atoms with Crippen molar-refractivity contribution in [1.82, 2.24) is 10.2 Å². The molecule has 1 aliphatic heterocycles. The summed E-state index contributed by atoms with van der Waals surface area (Å²) in [5, 5.41) is 12.7. The number of carbonyl (C=O) groups excluding carboxylic acids is 1. The third-order valence-corrected chi connectivity index (χ3v) is 3.93. The van der Waals surface area contributed by atoms with Gasteiger partial charge >= 0.3 is 5.97 Å². The molecule has 114 valence electrons. The van der Waals surface area contributed by atoms with E-state index in [2.05, 4.69) is 5.32 Å². The average Bonchev–Trinajstić information content (AvgIpc) is 2.44. The van der Waals surface area contributed by atoms with Crippen LogP contribution in [0.1, 0.15) is 37.9 Å². The van der Waals surface area contributed by atoms with Crippen molar-refractivity contribution in [3.05, 3.63) is 35.4 Å². The number of hydrogen-bond acceptors (Lipinski definition) is 3. The Kier molecular flexibility index (Phi) is 4.32. The Morgan fingerprint density at radius 2 is 2.05 bits per heavy atom. The fourth-order valence-corrected chi connectivity index (χ4v) is 2.93. The Morgan fingerprint density at radius 3 is 2.67 bits per heavy atom. The molecule has 1 aromatic rings. The first-order valence-corrected chi connectivity index (χ1v) is 7.25. The zero-order valence-electron chi connectivity index (χ0n) is 12.7. The Balaban J connectivity index is 2.37. The number of carbonyl (C=O) groups is 2. The van der Waals surface area contributed by atoms with Gasteiger partial charge in [-0.05, 0) is 37.9 Å². The lowest BCUT2D eigenvalue weighted by Gasteiger charge is -2.39. The molecule has 21 heavy (non-hydrogen) atoms. The van der Waals surface area contributed by atoms with Crippen molar-refractivity contribution in [2.45, 2.75) is 38.8 Å². The summed E-state index contributed by atoms with van der Waals surface area (Å²) in [4.78, 5) is 25.9. The van der Waals surface area contributed by atoms with Gasteiger partial charge in [0, 0.05) is 6.54 Å². The number of rotatable bonds is 4. The van der Waals surface area contributed by atoms with Crippen LogP contribution in [0.15, 0.2) is 24.3 Å². The monoisotopic (exact) mass is 290 g/mol. The van der Waals surface area contributed by atoms with Crippen LogP contribution in [0.25, 0.3) is 0 Å². The first-order valence-electron chi connectivity index (χ1n) is 7.25. The molecule has 2 rings (SSSR count). The molecule has 0 saturated carbocycles. The number of fused-ring (bicyclic) bond motifs is 1. The number of amides is 1. The zero-order valence-corrected chi connectivity index (χ0v) is 12.7. The van der Waals surface area contributed by atoms with Crippen LogP contribution in [-0.2, 0) is 16.0 Å². The second-order valence-corrected chi connectivity index (χ2v) is 5.84. The number of carboxylic acid groups (broad SMARTS) is 1. The molecule has 0 fully saturated rings. The number of benzene rings is 1. The van der Waals surface area contributed by atoms with Crippen LogP contribution in [0.2, 0.25) is 0 Å². The Morgan fingerprint density at radius 1 is 1.38 bits per heavy atom. The molecule has 2 N–H and O–H groups in total.